The number of carbonyl (C=O) groups is 2. The molecular weight excluding hydrogens is 458 g/mol. The Labute approximate surface area is 188 Å². The monoisotopic (exact) mass is 477 g/mol. The predicted octanol–water partition coefficient (Wildman–Crippen LogP) is 5.41. The Hall–Kier alpha value is -3.63. The summed E-state index contributed by atoms with van der Waals surface area (Å²) in [6.45, 7) is 5.67. The lowest BCUT2D eigenvalue weighted by atomic mass is 10.1. The molecule has 0 bridgehead atoms. The number of amides is 1. The highest BCUT2D eigenvalue weighted by atomic mass is 79.9. The van der Waals surface area contributed by atoms with Crippen LogP contribution < -0.4 is 5.32 Å². The third kappa shape index (κ3) is 4.76. The van der Waals surface area contributed by atoms with Gasteiger partial charge in [0.25, 0.3) is 5.91 Å². The molecule has 0 radical (unpaired) electrons. The molecule has 3 rings (SSSR count). The molecule has 0 atom stereocenters. The molecule has 2 N–H and O–H groups in total. The number of aromatic carboxylic acids is 1. The number of aromatic nitrogens is 1. The summed E-state index contributed by atoms with van der Waals surface area (Å²) in [4.78, 5) is 24.0. The maximum absolute atomic E-state index is 12.6. The average molecular weight is 478 g/mol. The van der Waals surface area contributed by atoms with Gasteiger partial charge in [-0.1, -0.05) is 22.0 Å². The fraction of sp³-hybridized carbons (Fsp3) is 0.125. The van der Waals surface area contributed by atoms with E-state index in [-0.39, 0.29) is 11.1 Å². The summed E-state index contributed by atoms with van der Waals surface area (Å²) in [5, 5.41) is 21.6. The number of aryl methyl sites for hydroxylation is 2. The van der Waals surface area contributed by atoms with Crippen LogP contribution in [-0.4, -0.2) is 21.6 Å². The summed E-state index contributed by atoms with van der Waals surface area (Å²) in [7, 11) is 0. The Morgan fingerprint density at radius 1 is 1.10 bits per heavy atom. The molecule has 2 aromatic carbocycles. The van der Waals surface area contributed by atoms with E-state index in [1.807, 2.05) is 37.5 Å². The maximum atomic E-state index is 12.6. The first kappa shape index (κ1) is 22.1. The van der Waals surface area contributed by atoms with Gasteiger partial charge in [0.15, 0.2) is 0 Å². The van der Waals surface area contributed by atoms with Gasteiger partial charge in [-0.25, -0.2) is 4.79 Å². The topological polar surface area (TPSA) is 95.1 Å². The summed E-state index contributed by atoms with van der Waals surface area (Å²) >= 11 is 3.34. The zero-order valence-corrected chi connectivity index (χ0v) is 18.8. The van der Waals surface area contributed by atoms with Crippen molar-refractivity contribution in [1.29, 1.82) is 5.26 Å². The molecule has 0 spiro atoms. The van der Waals surface area contributed by atoms with Crippen molar-refractivity contribution in [1.82, 2.24) is 4.57 Å². The van der Waals surface area contributed by atoms with Crippen LogP contribution in [0.2, 0.25) is 0 Å². The number of rotatable bonds is 5. The SMILES string of the molecule is Cc1ccc(C(=O)O)cc1-n1c(C)cc(C=C(C#N)C(=O)Nc2ccc(Br)cc2)c1C. The second-order valence-electron chi connectivity index (χ2n) is 7.10. The van der Waals surface area contributed by atoms with Gasteiger partial charge in [-0.15, -0.1) is 0 Å². The lowest BCUT2D eigenvalue weighted by Gasteiger charge is -2.13. The molecule has 31 heavy (non-hydrogen) atoms. The second-order valence-corrected chi connectivity index (χ2v) is 8.01. The van der Waals surface area contributed by atoms with Gasteiger partial charge in [-0.05, 0) is 80.4 Å². The first-order valence-electron chi connectivity index (χ1n) is 9.43. The van der Waals surface area contributed by atoms with Gasteiger partial charge in [-0.2, -0.15) is 5.26 Å². The molecule has 156 valence electrons. The van der Waals surface area contributed by atoms with E-state index in [1.54, 1.807) is 48.5 Å². The molecular formula is C24H20BrN3O3. The summed E-state index contributed by atoms with van der Waals surface area (Å²) in [6.07, 6.45) is 1.55. The third-order valence-electron chi connectivity index (χ3n) is 4.93. The van der Waals surface area contributed by atoms with E-state index in [9.17, 15) is 20.0 Å². The summed E-state index contributed by atoms with van der Waals surface area (Å²) in [6, 6.07) is 15.9. The lowest BCUT2D eigenvalue weighted by Crippen LogP contribution is -2.13. The number of hydrogen-bond donors (Lipinski definition) is 2. The van der Waals surface area contributed by atoms with Crippen LogP contribution >= 0.6 is 15.9 Å². The van der Waals surface area contributed by atoms with Crippen LogP contribution in [0.5, 0.6) is 0 Å². The van der Waals surface area contributed by atoms with E-state index in [4.69, 9.17) is 0 Å². The summed E-state index contributed by atoms with van der Waals surface area (Å²) < 4.78 is 2.81. The Balaban J connectivity index is 1.99. The number of halogens is 1. The van der Waals surface area contributed by atoms with Crippen LogP contribution in [0.3, 0.4) is 0 Å². The number of carboxylic acids is 1. The Bertz CT molecular complexity index is 1250. The van der Waals surface area contributed by atoms with Crippen LogP contribution in [0.25, 0.3) is 11.8 Å². The zero-order valence-electron chi connectivity index (χ0n) is 17.2. The molecule has 7 heteroatoms. The predicted molar refractivity (Wildman–Crippen MR) is 123 cm³/mol. The smallest absolute Gasteiger partial charge is 0.335 e. The van der Waals surface area contributed by atoms with Crippen LogP contribution in [0, 0.1) is 32.1 Å². The minimum atomic E-state index is -1.000. The van der Waals surface area contributed by atoms with Crippen LogP contribution in [0.15, 0.2) is 58.6 Å². The third-order valence-corrected chi connectivity index (χ3v) is 5.46. The Morgan fingerprint density at radius 3 is 2.39 bits per heavy atom. The molecule has 0 unspecified atom stereocenters. The number of carboxylic acid groups (broad SMARTS) is 1. The summed E-state index contributed by atoms with van der Waals surface area (Å²) in [5.74, 6) is -1.50. The largest absolute Gasteiger partial charge is 0.478 e. The number of nitrogens with one attached hydrogen (secondary N) is 1. The van der Waals surface area contributed by atoms with Crippen molar-refractivity contribution in [3.63, 3.8) is 0 Å². The van der Waals surface area contributed by atoms with Gasteiger partial charge in [-0.3, -0.25) is 4.79 Å². The van der Waals surface area contributed by atoms with Gasteiger partial charge in [0.2, 0.25) is 0 Å². The normalized spacial score (nSPS) is 11.1. The van der Waals surface area contributed by atoms with Crippen LogP contribution in [0.4, 0.5) is 5.69 Å². The number of anilines is 1. The van der Waals surface area contributed by atoms with Gasteiger partial charge in [0, 0.05) is 27.2 Å². The molecule has 0 aliphatic rings. The van der Waals surface area contributed by atoms with Crippen molar-refractivity contribution in [3.05, 3.63) is 86.7 Å². The molecule has 0 saturated carbocycles. The number of nitriles is 1. The average Bonchev–Trinajstić information content (AvgIpc) is 3.01. The highest BCUT2D eigenvalue weighted by Crippen LogP contribution is 2.26. The zero-order chi connectivity index (χ0) is 22.7. The second kappa shape index (κ2) is 9.02. The lowest BCUT2D eigenvalue weighted by molar-refractivity contribution is -0.112. The number of carbonyl (C=O) groups excluding carboxylic acids is 1. The molecule has 0 saturated heterocycles. The van der Waals surface area contributed by atoms with Crippen LogP contribution in [-0.2, 0) is 4.79 Å². The number of hydrogen-bond acceptors (Lipinski definition) is 3. The van der Waals surface area contributed by atoms with Crippen molar-refractivity contribution in [2.45, 2.75) is 20.8 Å². The van der Waals surface area contributed by atoms with E-state index >= 15 is 0 Å². The first-order chi connectivity index (χ1) is 14.7. The van der Waals surface area contributed by atoms with E-state index in [0.29, 0.717) is 11.3 Å². The van der Waals surface area contributed by atoms with E-state index in [2.05, 4.69) is 21.2 Å². The van der Waals surface area contributed by atoms with Gasteiger partial charge >= 0.3 is 5.97 Å². The molecule has 1 aromatic heterocycles. The minimum absolute atomic E-state index is 0.0285. The molecule has 3 aromatic rings. The molecule has 0 fully saturated rings. The minimum Gasteiger partial charge on any atom is -0.478 e. The molecule has 1 heterocycles. The summed E-state index contributed by atoms with van der Waals surface area (Å²) in [5.41, 5.74) is 4.77. The van der Waals surface area contributed by atoms with Crippen molar-refractivity contribution in [2.24, 2.45) is 0 Å². The fourth-order valence-electron chi connectivity index (χ4n) is 3.32. The van der Waals surface area contributed by atoms with Gasteiger partial charge in [0.05, 0.1) is 5.56 Å². The molecule has 0 aliphatic heterocycles. The fourth-order valence-corrected chi connectivity index (χ4v) is 3.59. The number of benzene rings is 2. The highest BCUT2D eigenvalue weighted by molar-refractivity contribution is 9.10. The van der Waals surface area contributed by atoms with E-state index in [0.717, 1.165) is 27.1 Å². The van der Waals surface area contributed by atoms with Crippen molar-refractivity contribution < 1.29 is 14.7 Å². The van der Waals surface area contributed by atoms with Gasteiger partial charge in [0.1, 0.15) is 11.6 Å². The molecule has 1 amide bonds. The Kier molecular flexibility index (Phi) is 6.42. The molecule has 0 aliphatic carbocycles. The highest BCUT2D eigenvalue weighted by Gasteiger charge is 2.16. The first-order valence-corrected chi connectivity index (χ1v) is 10.2. The van der Waals surface area contributed by atoms with Crippen molar-refractivity contribution >= 4 is 39.6 Å². The van der Waals surface area contributed by atoms with Gasteiger partial charge < -0.3 is 15.0 Å². The van der Waals surface area contributed by atoms with Crippen LogP contribution in [0.1, 0.15) is 32.9 Å². The van der Waals surface area contributed by atoms with E-state index in [1.165, 1.54) is 0 Å². The maximum Gasteiger partial charge on any atom is 0.335 e. The molecule has 6 nitrogen and oxygen atoms in total. The van der Waals surface area contributed by atoms with Crippen molar-refractivity contribution in [2.75, 3.05) is 5.32 Å². The standard InChI is InChI=1S/C24H20BrN3O3/c1-14-4-5-17(24(30)31)12-22(14)28-15(2)10-18(16(28)3)11-19(13-26)23(29)27-21-8-6-20(25)7-9-21/h4-12H,1-3H3,(H,27,29)(H,30,31). The van der Waals surface area contributed by atoms with Crippen molar-refractivity contribution in [3.8, 4) is 11.8 Å². The number of nitrogens with zero attached hydrogens (tertiary/aromatic N) is 2. The Morgan fingerprint density at radius 2 is 1.77 bits per heavy atom. The quantitative estimate of drug-likeness (QED) is 0.379. The van der Waals surface area contributed by atoms with E-state index < -0.39 is 11.9 Å².